The van der Waals surface area contributed by atoms with Crippen LogP contribution < -0.4 is 4.90 Å². The molecule has 0 aliphatic carbocycles. The van der Waals surface area contributed by atoms with E-state index in [-0.39, 0.29) is 18.1 Å². The van der Waals surface area contributed by atoms with Crippen LogP contribution in [-0.4, -0.2) is 58.3 Å². The lowest BCUT2D eigenvalue weighted by atomic mass is 9.99. The second kappa shape index (κ2) is 7.00. The molecule has 2 aromatic heterocycles. The van der Waals surface area contributed by atoms with Gasteiger partial charge in [-0.25, -0.2) is 4.98 Å². The molecule has 4 heterocycles. The summed E-state index contributed by atoms with van der Waals surface area (Å²) in [6.45, 7) is 6.63. The van der Waals surface area contributed by atoms with Gasteiger partial charge in [0.1, 0.15) is 11.9 Å². The Kier molecular flexibility index (Phi) is 4.54. The van der Waals surface area contributed by atoms with Gasteiger partial charge in [-0.05, 0) is 26.0 Å². The van der Waals surface area contributed by atoms with Crippen LogP contribution in [0.4, 0.5) is 5.82 Å². The number of pyridine rings is 1. The maximum Gasteiger partial charge on any atom is 0.274 e. The SMILES string of the molecule is C[C@@H]1Cc2c(C(=O)N3CCN(c4ccc(C#N)cn4)CC3)n[nH]c2[C@H](C)O1. The number of nitrogens with zero attached hydrogens (tertiary/aromatic N) is 5. The van der Waals surface area contributed by atoms with Gasteiger partial charge in [0.2, 0.25) is 0 Å². The minimum atomic E-state index is -0.0721. The minimum Gasteiger partial charge on any atom is -0.369 e. The minimum absolute atomic E-state index is 0.0266. The number of amides is 1. The van der Waals surface area contributed by atoms with Crippen LogP contribution in [0.15, 0.2) is 18.3 Å². The standard InChI is InChI=1S/C19H22N6O2/c1-12-9-15-17(13(2)27-12)22-23-18(15)19(26)25-7-5-24(6-8-25)16-4-3-14(10-20)11-21-16/h3-4,11-13H,5-9H2,1-2H3,(H,22,23)/t12-,13+/m1/s1. The molecule has 2 atom stereocenters. The second-order valence-electron chi connectivity index (χ2n) is 7.05. The van der Waals surface area contributed by atoms with Crippen molar-refractivity contribution in [1.82, 2.24) is 20.1 Å². The summed E-state index contributed by atoms with van der Waals surface area (Å²) in [6, 6.07) is 5.69. The summed E-state index contributed by atoms with van der Waals surface area (Å²) in [5, 5.41) is 16.2. The van der Waals surface area contributed by atoms with Crippen LogP contribution in [0.2, 0.25) is 0 Å². The lowest BCUT2D eigenvalue weighted by molar-refractivity contribution is -0.00702. The molecule has 2 aliphatic rings. The number of hydrogen-bond donors (Lipinski definition) is 1. The van der Waals surface area contributed by atoms with E-state index in [9.17, 15) is 4.79 Å². The van der Waals surface area contributed by atoms with E-state index in [1.165, 1.54) is 0 Å². The molecule has 0 unspecified atom stereocenters. The number of ether oxygens (including phenoxy) is 1. The number of rotatable bonds is 2. The summed E-state index contributed by atoms with van der Waals surface area (Å²) in [5.41, 5.74) is 2.97. The summed E-state index contributed by atoms with van der Waals surface area (Å²) < 4.78 is 5.80. The Bertz CT molecular complexity index is 877. The Morgan fingerprint density at radius 2 is 2.07 bits per heavy atom. The molecular weight excluding hydrogens is 344 g/mol. The van der Waals surface area contributed by atoms with Crippen molar-refractivity contribution in [3.05, 3.63) is 40.8 Å². The number of nitrogens with one attached hydrogen (secondary N) is 1. The fourth-order valence-electron chi connectivity index (χ4n) is 3.78. The molecule has 4 rings (SSSR count). The molecule has 0 radical (unpaired) electrons. The van der Waals surface area contributed by atoms with E-state index in [2.05, 4.69) is 26.2 Å². The van der Waals surface area contributed by atoms with Crippen molar-refractivity contribution in [2.75, 3.05) is 31.1 Å². The van der Waals surface area contributed by atoms with Crippen molar-refractivity contribution >= 4 is 11.7 Å². The average molecular weight is 366 g/mol. The van der Waals surface area contributed by atoms with E-state index < -0.39 is 0 Å². The van der Waals surface area contributed by atoms with Crippen LogP contribution in [-0.2, 0) is 11.2 Å². The van der Waals surface area contributed by atoms with Gasteiger partial charge in [0.25, 0.3) is 5.91 Å². The summed E-state index contributed by atoms with van der Waals surface area (Å²) >= 11 is 0. The van der Waals surface area contributed by atoms with Crippen molar-refractivity contribution in [3.8, 4) is 6.07 Å². The molecule has 1 amide bonds. The van der Waals surface area contributed by atoms with E-state index >= 15 is 0 Å². The number of nitriles is 1. The van der Waals surface area contributed by atoms with Crippen LogP contribution in [0.3, 0.4) is 0 Å². The third-order valence-electron chi connectivity index (χ3n) is 5.20. The first-order valence-electron chi connectivity index (χ1n) is 9.19. The first-order valence-corrected chi connectivity index (χ1v) is 9.19. The molecule has 1 fully saturated rings. The highest BCUT2D eigenvalue weighted by Crippen LogP contribution is 2.30. The van der Waals surface area contributed by atoms with Crippen molar-refractivity contribution in [2.45, 2.75) is 32.5 Å². The molecule has 0 aromatic carbocycles. The highest BCUT2D eigenvalue weighted by molar-refractivity contribution is 5.94. The maximum absolute atomic E-state index is 13.0. The van der Waals surface area contributed by atoms with E-state index in [1.807, 2.05) is 24.8 Å². The Hall–Kier alpha value is -2.92. The zero-order valence-corrected chi connectivity index (χ0v) is 15.5. The highest BCUT2D eigenvalue weighted by Gasteiger charge is 2.32. The van der Waals surface area contributed by atoms with Gasteiger partial charge in [-0.3, -0.25) is 9.89 Å². The Morgan fingerprint density at radius 3 is 2.74 bits per heavy atom. The van der Waals surface area contributed by atoms with E-state index in [0.717, 1.165) is 17.1 Å². The fourth-order valence-corrected chi connectivity index (χ4v) is 3.78. The van der Waals surface area contributed by atoms with Gasteiger partial charge in [-0.1, -0.05) is 0 Å². The molecule has 2 aliphatic heterocycles. The smallest absolute Gasteiger partial charge is 0.274 e. The summed E-state index contributed by atoms with van der Waals surface area (Å²) in [7, 11) is 0. The molecule has 0 bridgehead atoms. The lowest BCUT2D eigenvalue weighted by Gasteiger charge is -2.35. The Morgan fingerprint density at radius 1 is 1.30 bits per heavy atom. The van der Waals surface area contributed by atoms with Gasteiger partial charge >= 0.3 is 0 Å². The highest BCUT2D eigenvalue weighted by atomic mass is 16.5. The lowest BCUT2D eigenvalue weighted by Crippen LogP contribution is -2.49. The van der Waals surface area contributed by atoms with Crippen LogP contribution in [0.25, 0.3) is 0 Å². The zero-order chi connectivity index (χ0) is 19.0. The normalized spacial score (nSPS) is 22.3. The largest absolute Gasteiger partial charge is 0.369 e. The number of aromatic amines is 1. The Balaban J connectivity index is 1.44. The Labute approximate surface area is 157 Å². The quantitative estimate of drug-likeness (QED) is 0.868. The van der Waals surface area contributed by atoms with Crippen molar-refractivity contribution < 1.29 is 9.53 Å². The molecular formula is C19H22N6O2. The summed E-state index contributed by atoms with van der Waals surface area (Å²) in [6.07, 6.45) is 2.28. The molecule has 8 nitrogen and oxygen atoms in total. The van der Waals surface area contributed by atoms with Gasteiger partial charge in [0.15, 0.2) is 5.69 Å². The molecule has 140 valence electrons. The van der Waals surface area contributed by atoms with Crippen LogP contribution >= 0.6 is 0 Å². The molecule has 1 N–H and O–H groups in total. The van der Waals surface area contributed by atoms with Crippen LogP contribution in [0, 0.1) is 11.3 Å². The third-order valence-corrected chi connectivity index (χ3v) is 5.20. The molecule has 0 saturated carbocycles. The molecule has 8 heteroatoms. The number of carbonyl (C=O) groups is 1. The van der Waals surface area contributed by atoms with Crippen LogP contribution in [0.5, 0.6) is 0 Å². The number of fused-ring (bicyclic) bond motifs is 1. The molecule has 0 spiro atoms. The number of aromatic nitrogens is 3. The predicted octanol–water partition coefficient (Wildman–Crippen LogP) is 1.66. The van der Waals surface area contributed by atoms with Gasteiger partial charge in [0, 0.05) is 44.4 Å². The number of anilines is 1. The number of piperazine rings is 1. The second-order valence-corrected chi connectivity index (χ2v) is 7.05. The van der Waals surface area contributed by atoms with Gasteiger partial charge in [-0.15, -0.1) is 0 Å². The predicted molar refractivity (Wildman–Crippen MR) is 98.3 cm³/mol. The van der Waals surface area contributed by atoms with Gasteiger partial charge in [-0.2, -0.15) is 10.4 Å². The molecule has 1 saturated heterocycles. The number of H-pyrrole nitrogens is 1. The third kappa shape index (κ3) is 3.26. The topological polar surface area (TPSA) is 98.1 Å². The fraction of sp³-hybridized carbons (Fsp3) is 0.474. The summed E-state index contributed by atoms with van der Waals surface area (Å²) in [4.78, 5) is 21.3. The van der Waals surface area contributed by atoms with E-state index in [0.29, 0.717) is 43.9 Å². The van der Waals surface area contributed by atoms with E-state index in [4.69, 9.17) is 10.00 Å². The zero-order valence-electron chi connectivity index (χ0n) is 15.5. The van der Waals surface area contributed by atoms with Crippen LogP contribution in [0.1, 0.15) is 47.3 Å². The van der Waals surface area contributed by atoms with Crippen molar-refractivity contribution in [1.29, 1.82) is 5.26 Å². The van der Waals surface area contributed by atoms with Gasteiger partial charge < -0.3 is 14.5 Å². The molecule has 2 aromatic rings. The first-order chi connectivity index (χ1) is 13.1. The van der Waals surface area contributed by atoms with Gasteiger partial charge in [0.05, 0.1) is 23.5 Å². The average Bonchev–Trinajstić information content (AvgIpc) is 3.12. The van der Waals surface area contributed by atoms with Crippen molar-refractivity contribution in [3.63, 3.8) is 0 Å². The number of hydrogen-bond acceptors (Lipinski definition) is 6. The molecule has 27 heavy (non-hydrogen) atoms. The summed E-state index contributed by atoms with van der Waals surface area (Å²) in [5.74, 6) is 0.805. The monoisotopic (exact) mass is 366 g/mol. The first kappa shape index (κ1) is 17.5. The number of carbonyl (C=O) groups excluding carboxylic acids is 1. The van der Waals surface area contributed by atoms with E-state index in [1.54, 1.807) is 12.3 Å². The maximum atomic E-state index is 13.0. The van der Waals surface area contributed by atoms with Crippen molar-refractivity contribution in [2.24, 2.45) is 0 Å².